The van der Waals surface area contributed by atoms with Gasteiger partial charge in [-0.2, -0.15) is 0 Å². The van der Waals surface area contributed by atoms with Crippen LogP contribution in [0.5, 0.6) is 0 Å². The van der Waals surface area contributed by atoms with Crippen LogP contribution in [0.4, 0.5) is 5.13 Å². The van der Waals surface area contributed by atoms with E-state index in [1.165, 1.54) is 28.9 Å². The molecule has 19 heavy (non-hydrogen) atoms. The molecule has 0 atom stereocenters. The van der Waals surface area contributed by atoms with Gasteiger partial charge in [-0.25, -0.2) is 9.78 Å². The van der Waals surface area contributed by atoms with Crippen molar-refractivity contribution in [3.8, 4) is 0 Å². The number of hydrogen-bond acceptors (Lipinski definition) is 6. The van der Waals surface area contributed by atoms with Crippen LogP contribution in [0.2, 0.25) is 5.15 Å². The number of fused-ring (bicyclic) bond motifs is 1. The van der Waals surface area contributed by atoms with Crippen LogP contribution in [0.3, 0.4) is 0 Å². The number of rotatable bonds is 2. The van der Waals surface area contributed by atoms with Crippen molar-refractivity contribution < 1.29 is 9.53 Å². The minimum absolute atomic E-state index is 0.225. The van der Waals surface area contributed by atoms with E-state index in [1.807, 2.05) is 0 Å². The number of carbonyl (C=O) groups is 1. The van der Waals surface area contributed by atoms with E-state index in [-0.39, 0.29) is 5.15 Å². The number of ether oxygens (including phenoxy) is 1. The lowest BCUT2D eigenvalue weighted by atomic mass is 10.1. The number of halogens is 1. The lowest BCUT2D eigenvalue weighted by molar-refractivity contribution is 0.0606. The van der Waals surface area contributed by atoms with Gasteiger partial charge in [-0.15, -0.1) is 11.3 Å². The van der Waals surface area contributed by atoms with Crippen LogP contribution in [0.1, 0.15) is 20.1 Å². The fraction of sp³-hybridized carbons (Fsp3) is 0.333. The van der Waals surface area contributed by atoms with Gasteiger partial charge in [0.1, 0.15) is 0 Å². The second-order valence-electron chi connectivity index (χ2n) is 4.15. The molecule has 2 aromatic heterocycles. The summed E-state index contributed by atoms with van der Waals surface area (Å²) in [6.45, 7) is 1.72. The van der Waals surface area contributed by atoms with Gasteiger partial charge >= 0.3 is 5.97 Å². The van der Waals surface area contributed by atoms with Gasteiger partial charge in [0.05, 0.1) is 7.11 Å². The van der Waals surface area contributed by atoms with Gasteiger partial charge in [-0.05, 0) is 23.4 Å². The molecule has 0 N–H and O–H groups in total. The summed E-state index contributed by atoms with van der Waals surface area (Å²) in [6.07, 6.45) is 1.01. The number of thiazole rings is 1. The third-order valence-corrected chi connectivity index (χ3v) is 5.53. The summed E-state index contributed by atoms with van der Waals surface area (Å²) in [6, 6.07) is 2.14. The number of anilines is 1. The Morgan fingerprint density at radius 3 is 3.21 bits per heavy atom. The molecule has 0 amide bonds. The summed E-state index contributed by atoms with van der Waals surface area (Å²) in [7, 11) is 1.34. The average molecular weight is 315 g/mol. The average Bonchev–Trinajstić information content (AvgIpc) is 3.03. The van der Waals surface area contributed by atoms with Crippen LogP contribution in [-0.2, 0) is 17.7 Å². The largest absolute Gasteiger partial charge is 0.465 e. The van der Waals surface area contributed by atoms with Crippen LogP contribution in [0.25, 0.3) is 0 Å². The van der Waals surface area contributed by atoms with Gasteiger partial charge in [-0.1, -0.05) is 22.9 Å². The molecule has 1 aliphatic heterocycles. The van der Waals surface area contributed by atoms with E-state index < -0.39 is 5.97 Å². The van der Waals surface area contributed by atoms with Crippen molar-refractivity contribution in [2.45, 2.75) is 13.0 Å². The van der Waals surface area contributed by atoms with Crippen molar-refractivity contribution in [1.29, 1.82) is 0 Å². The van der Waals surface area contributed by atoms with E-state index in [1.54, 1.807) is 11.3 Å². The van der Waals surface area contributed by atoms with Crippen LogP contribution >= 0.6 is 34.3 Å². The standard InChI is InChI=1S/C12H11ClN2O2S2/c1-17-11(16)9-10(13)14-12(19-9)15-4-2-8-7(6-15)3-5-18-8/h3,5H,2,4,6H2,1H3. The first-order valence-corrected chi connectivity index (χ1v) is 7.81. The predicted octanol–water partition coefficient (Wildman–Crippen LogP) is 3.21. The molecule has 7 heteroatoms. The lowest BCUT2D eigenvalue weighted by Crippen LogP contribution is -2.29. The Bertz CT molecular complexity index is 623. The van der Waals surface area contributed by atoms with Crippen molar-refractivity contribution >= 4 is 45.4 Å². The van der Waals surface area contributed by atoms with Gasteiger partial charge in [0.2, 0.25) is 0 Å². The number of aromatic nitrogens is 1. The molecule has 0 unspecified atom stereocenters. The third-order valence-electron chi connectivity index (χ3n) is 3.02. The highest BCUT2D eigenvalue weighted by Crippen LogP contribution is 2.34. The summed E-state index contributed by atoms with van der Waals surface area (Å²) < 4.78 is 4.69. The Morgan fingerprint density at radius 1 is 1.58 bits per heavy atom. The lowest BCUT2D eigenvalue weighted by Gasteiger charge is -2.26. The zero-order chi connectivity index (χ0) is 13.4. The second kappa shape index (κ2) is 5.11. The minimum atomic E-state index is -0.429. The smallest absolute Gasteiger partial charge is 0.351 e. The zero-order valence-corrected chi connectivity index (χ0v) is 12.6. The maximum atomic E-state index is 11.5. The summed E-state index contributed by atoms with van der Waals surface area (Å²) >= 11 is 9.07. The molecule has 0 saturated carbocycles. The molecule has 3 rings (SSSR count). The van der Waals surface area contributed by atoms with Crippen LogP contribution in [0.15, 0.2) is 11.4 Å². The van der Waals surface area contributed by atoms with Gasteiger partial charge < -0.3 is 9.64 Å². The zero-order valence-electron chi connectivity index (χ0n) is 10.2. The Balaban J connectivity index is 1.86. The number of hydrogen-bond donors (Lipinski definition) is 0. The highest BCUT2D eigenvalue weighted by Gasteiger charge is 2.24. The topological polar surface area (TPSA) is 42.4 Å². The quantitative estimate of drug-likeness (QED) is 0.798. The first-order valence-electron chi connectivity index (χ1n) is 5.74. The van der Waals surface area contributed by atoms with Crippen molar-refractivity contribution in [2.24, 2.45) is 0 Å². The SMILES string of the molecule is COC(=O)c1sc(N2CCc3sccc3C2)nc1Cl. The molecule has 2 aromatic rings. The molecule has 0 radical (unpaired) electrons. The molecule has 1 aliphatic rings. The molecular weight excluding hydrogens is 304 g/mol. The highest BCUT2D eigenvalue weighted by atomic mass is 35.5. The third kappa shape index (κ3) is 2.35. The number of thiophene rings is 1. The normalized spacial score (nSPS) is 14.3. The van der Waals surface area contributed by atoms with Crippen LogP contribution in [0, 0.1) is 0 Å². The molecule has 3 heterocycles. The molecule has 0 fully saturated rings. The molecule has 100 valence electrons. The van der Waals surface area contributed by atoms with Crippen molar-refractivity contribution in [3.63, 3.8) is 0 Å². The molecular formula is C12H11ClN2O2S2. The van der Waals surface area contributed by atoms with E-state index in [0.29, 0.717) is 4.88 Å². The number of carbonyl (C=O) groups excluding carboxylic acids is 1. The van der Waals surface area contributed by atoms with E-state index in [0.717, 1.165) is 24.6 Å². The number of esters is 1. The van der Waals surface area contributed by atoms with Crippen LogP contribution < -0.4 is 4.90 Å². The van der Waals surface area contributed by atoms with E-state index in [2.05, 4.69) is 21.3 Å². The second-order valence-corrected chi connectivity index (χ2v) is 6.48. The minimum Gasteiger partial charge on any atom is -0.465 e. The van der Waals surface area contributed by atoms with Crippen molar-refractivity contribution in [3.05, 3.63) is 31.9 Å². The predicted molar refractivity (Wildman–Crippen MR) is 77.5 cm³/mol. The molecule has 0 saturated heterocycles. The summed E-state index contributed by atoms with van der Waals surface area (Å²) in [4.78, 5) is 19.8. The maximum Gasteiger partial charge on any atom is 0.351 e. The molecule has 4 nitrogen and oxygen atoms in total. The van der Waals surface area contributed by atoms with Crippen molar-refractivity contribution in [2.75, 3.05) is 18.6 Å². The maximum absolute atomic E-state index is 11.5. The highest BCUT2D eigenvalue weighted by molar-refractivity contribution is 7.18. The van der Waals surface area contributed by atoms with Gasteiger partial charge in [0.25, 0.3) is 0 Å². The summed E-state index contributed by atoms with van der Waals surface area (Å²) in [5.74, 6) is -0.429. The Morgan fingerprint density at radius 2 is 2.42 bits per heavy atom. The van der Waals surface area contributed by atoms with E-state index >= 15 is 0 Å². The van der Waals surface area contributed by atoms with Crippen LogP contribution in [-0.4, -0.2) is 24.6 Å². The Hall–Kier alpha value is -1.11. The summed E-state index contributed by atoms with van der Waals surface area (Å²) in [5.41, 5.74) is 1.34. The number of nitrogens with zero attached hydrogens (tertiary/aromatic N) is 2. The van der Waals surface area contributed by atoms with Crippen molar-refractivity contribution in [1.82, 2.24) is 4.98 Å². The van der Waals surface area contributed by atoms with Gasteiger partial charge in [-0.3, -0.25) is 0 Å². The first kappa shape index (κ1) is 12.9. The summed E-state index contributed by atoms with van der Waals surface area (Å²) in [5, 5.41) is 3.12. The van der Waals surface area contributed by atoms with Gasteiger partial charge in [0.15, 0.2) is 15.2 Å². The fourth-order valence-electron chi connectivity index (χ4n) is 2.06. The molecule has 0 aliphatic carbocycles. The fourth-order valence-corrected chi connectivity index (χ4v) is 4.17. The van der Waals surface area contributed by atoms with Gasteiger partial charge in [0, 0.05) is 18.0 Å². The molecule has 0 bridgehead atoms. The number of methoxy groups -OCH3 is 1. The molecule has 0 aromatic carbocycles. The Kier molecular flexibility index (Phi) is 3.47. The van der Waals surface area contributed by atoms with E-state index in [4.69, 9.17) is 16.3 Å². The van der Waals surface area contributed by atoms with E-state index in [9.17, 15) is 4.79 Å². The monoisotopic (exact) mass is 314 g/mol. The Labute approximate surface area is 123 Å². The first-order chi connectivity index (χ1) is 9.19. The molecule has 0 spiro atoms.